The van der Waals surface area contributed by atoms with Gasteiger partial charge in [0, 0.05) is 29.7 Å². The minimum absolute atomic E-state index is 0.00482. The van der Waals surface area contributed by atoms with Crippen LogP contribution in [0.3, 0.4) is 0 Å². The first kappa shape index (κ1) is 21.8. The molecule has 156 valence electrons. The first-order valence-electron chi connectivity index (χ1n) is 9.50. The van der Waals surface area contributed by atoms with Gasteiger partial charge in [-0.05, 0) is 48.7 Å². The maximum Gasteiger partial charge on any atom is 0.253 e. The van der Waals surface area contributed by atoms with Crippen LogP contribution in [0, 0.1) is 0 Å². The second-order valence-electron chi connectivity index (χ2n) is 7.26. The highest BCUT2D eigenvalue weighted by atomic mass is 79.9. The Morgan fingerprint density at radius 1 is 1.17 bits per heavy atom. The van der Waals surface area contributed by atoms with E-state index in [0.29, 0.717) is 12.1 Å². The van der Waals surface area contributed by atoms with Gasteiger partial charge in [0.25, 0.3) is 5.91 Å². The maximum absolute atomic E-state index is 12.9. The van der Waals surface area contributed by atoms with Crippen molar-refractivity contribution in [2.24, 2.45) is 0 Å². The third-order valence-corrected chi connectivity index (χ3v) is 7.13. The summed E-state index contributed by atoms with van der Waals surface area (Å²) in [6, 6.07) is 12.2. The van der Waals surface area contributed by atoms with Gasteiger partial charge < -0.3 is 9.64 Å². The van der Waals surface area contributed by atoms with Crippen LogP contribution < -0.4 is 9.46 Å². The summed E-state index contributed by atoms with van der Waals surface area (Å²) < 4.78 is 34.8. The average Bonchev–Trinajstić information content (AvgIpc) is 3.21. The Kier molecular flexibility index (Phi) is 6.97. The van der Waals surface area contributed by atoms with Gasteiger partial charge in [-0.25, -0.2) is 13.1 Å². The summed E-state index contributed by atoms with van der Waals surface area (Å²) >= 11 is 3.39. The van der Waals surface area contributed by atoms with Crippen molar-refractivity contribution in [2.75, 3.05) is 14.2 Å². The molecule has 1 fully saturated rings. The van der Waals surface area contributed by atoms with Crippen molar-refractivity contribution < 1.29 is 17.9 Å². The second-order valence-corrected chi connectivity index (χ2v) is 9.85. The van der Waals surface area contributed by atoms with Crippen molar-refractivity contribution >= 4 is 31.9 Å². The number of amides is 1. The number of nitrogens with zero attached hydrogens (tertiary/aromatic N) is 1. The van der Waals surface area contributed by atoms with Gasteiger partial charge in [-0.15, -0.1) is 0 Å². The number of benzene rings is 2. The fourth-order valence-electron chi connectivity index (χ4n) is 3.50. The molecule has 0 unspecified atom stereocenters. The third kappa shape index (κ3) is 5.38. The van der Waals surface area contributed by atoms with Crippen LogP contribution in [0.2, 0.25) is 0 Å². The molecule has 29 heavy (non-hydrogen) atoms. The molecule has 1 saturated carbocycles. The van der Waals surface area contributed by atoms with Gasteiger partial charge in [0.1, 0.15) is 10.6 Å². The van der Waals surface area contributed by atoms with E-state index in [2.05, 4.69) is 20.7 Å². The zero-order valence-corrected chi connectivity index (χ0v) is 18.9. The van der Waals surface area contributed by atoms with Crippen molar-refractivity contribution in [3.05, 3.63) is 58.1 Å². The SMILES string of the molecule is COc1ccc(C(=O)N(C)Cc2ccc(Br)cc2)cc1S(=O)(=O)NC1CCCC1. The lowest BCUT2D eigenvalue weighted by atomic mass is 10.1. The Hall–Kier alpha value is -1.90. The minimum Gasteiger partial charge on any atom is -0.495 e. The van der Waals surface area contributed by atoms with Crippen LogP contribution in [0.5, 0.6) is 5.75 Å². The Morgan fingerprint density at radius 2 is 1.83 bits per heavy atom. The minimum atomic E-state index is -3.78. The van der Waals surface area contributed by atoms with Crippen LogP contribution in [-0.4, -0.2) is 39.4 Å². The summed E-state index contributed by atoms with van der Waals surface area (Å²) in [5.41, 5.74) is 1.28. The predicted molar refractivity (Wildman–Crippen MR) is 116 cm³/mol. The van der Waals surface area contributed by atoms with Gasteiger partial charge in [-0.1, -0.05) is 40.9 Å². The quantitative estimate of drug-likeness (QED) is 0.650. The summed E-state index contributed by atoms with van der Waals surface area (Å²) in [5, 5.41) is 0. The molecule has 0 heterocycles. The van der Waals surface area contributed by atoms with Crippen LogP contribution in [0.25, 0.3) is 0 Å². The largest absolute Gasteiger partial charge is 0.495 e. The lowest BCUT2D eigenvalue weighted by molar-refractivity contribution is 0.0785. The molecule has 2 aromatic carbocycles. The van der Waals surface area contributed by atoms with Gasteiger partial charge in [-0.2, -0.15) is 0 Å². The molecule has 6 nitrogen and oxygen atoms in total. The number of halogens is 1. The summed E-state index contributed by atoms with van der Waals surface area (Å²) in [7, 11) is -0.667. The van der Waals surface area contributed by atoms with E-state index in [1.807, 2.05) is 24.3 Å². The molecule has 0 spiro atoms. The van der Waals surface area contributed by atoms with Crippen LogP contribution in [0.1, 0.15) is 41.6 Å². The second kappa shape index (κ2) is 9.28. The number of carbonyl (C=O) groups excluding carboxylic acids is 1. The third-order valence-electron chi connectivity index (χ3n) is 5.06. The number of ether oxygens (including phenoxy) is 1. The van der Waals surface area contributed by atoms with Gasteiger partial charge in [-0.3, -0.25) is 4.79 Å². The van der Waals surface area contributed by atoms with E-state index in [4.69, 9.17) is 4.74 Å². The lowest BCUT2D eigenvalue weighted by Crippen LogP contribution is -2.33. The summed E-state index contributed by atoms with van der Waals surface area (Å²) in [5.74, 6) is -0.0319. The van der Waals surface area contributed by atoms with Crippen molar-refractivity contribution in [3.8, 4) is 5.75 Å². The fraction of sp³-hybridized carbons (Fsp3) is 0.381. The van der Waals surface area contributed by atoms with Crippen LogP contribution in [-0.2, 0) is 16.6 Å². The normalized spacial score (nSPS) is 14.7. The summed E-state index contributed by atoms with van der Waals surface area (Å²) in [6.45, 7) is 0.417. The van der Waals surface area contributed by atoms with Gasteiger partial charge in [0.05, 0.1) is 7.11 Å². The molecular formula is C21H25BrN2O4S. The number of methoxy groups -OCH3 is 1. The Labute approximate surface area is 180 Å². The van der Waals surface area contributed by atoms with E-state index < -0.39 is 10.0 Å². The number of hydrogen-bond donors (Lipinski definition) is 1. The first-order chi connectivity index (χ1) is 13.8. The molecule has 2 aromatic rings. The highest BCUT2D eigenvalue weighted by Gasteiger charge is 2.27. The van der Waals surface area contributed by atoms with E-state index in [9.17, 15) is 13.2 Å². The predicted octanol–water partition coefficient (Wildman–Crippen LogP) is 3.95. The molecule has 1 amide bonds. The molecule has 1 aliphatic carbocycles. The van der Waals surface area contributed by atoms with Crippen LogP contribution in [0.15, 0.2) is 51.8 Å². The zero-order valence-electron chi connectivity index (χ0n) is 16.5. The molecule has 0 radical (unpaired) electrons. The summed E-state index contributed by atoms with van der Waals surface area (Å²) in [4.78, 5) is 14.5. The molecule has 0 aliphatic heterocycles. The number of rotatable bonds is 7. The summed E-state index contributed by atoms with van der Waals surface area (Å²) in [6.07, 6.45) is 3.69. The molecule has 3 rings (SSSR count). The van der Waals surface area contributed by atoms with Crippen molar-refractivity contribution in [3.63, 3.8) is 0 Å². The Bertz CT molecular complexity index is 971. The topological polar surface area (TPSA) is 75.7 Å². The number of hydrogen-bond acceptors (Lipinski definition) is 4. The highest BCUT2D eigenvalue weighted by Crippen LogP contribution is 2.28. The number of nitrogens with one attached hydrogen (secondary N) is 1. The van der Waals surface area contributed by atoms with E-state index in [1.165, 1.54) is 19.2 Å². The molecule has 1 N–H and O–H groups in total. The van der Waals surface area contributed by atoms with Gasteiger partial charge >= 0.3 is 0 Å². The zero-order chi connectivity index (χ0) is 21.0. The molecule has 0 bridgehead atoms. The molecule has 0 atom stereocenters. The molecular weight excluding hydrogens is 456 g/mol. The van der Waals surface area contributed by atoms with Crippen molar-refractivity contribution in [1.29, 1.82) is 0 Å². The standard InChI is InChI=1S/C21H25BrN2O4S/c1-24(14-15-7-10-17(22)11-8-15)21(25)16-9-12-19(28-2)20(13-16)29(26,27)23-18-5-3-4-6-18/h7-13,18,23H,3-6,14H2,1-2H3. The van der Waals surface area contributed by atoms with E-state index >= 15 is 0 Å². The van der Waals surface area contributed by atoms with Crippen molar-refractivity contribution in [1.82, 2.24) is 9.62 Å². The van der Waals surface area contributed by atoms with Crippen LogP contribution >= 0.6 is 15.9 Å². The molecule has 8 heteroatoms. The van der Waals surface area contributed by atoms with Gasteiger partial charge in [0.15, 0.2) is 0 Å². The highest BCUT2D eigenvalue weighted by molar-refractivity contribution is 9.10. The average molecular weight is 481 g/mol. The maximum atomic E-state index is 12.9. The molecule has 0 aromatic heterocycles. The van der Waals surface area contributed by atoms with E-state index in [0.717, 1.165) is 35.7 Å². The number of carbonyl (C=O) groups is 1. The molecule has 0 saturated heterocycles. The monoisotopic (exact) mass is 480 g/mol. The molecule has 1 aliphatic rings. The van der Waals surface area contributed by atoms with E-state index in [-0.39, 0.29) is 22.6 Å². The van der Waals surface area contributed by atoms with Crippen molar-refractivity contribution in [2.45, 2.75) is 43.2 Å². The smallest absolute Gasteiger partial charge is 0.253 e. The number of sulfonamides is 1. The van der Waals surface area contributed by atoms with E-state index in [1.54, 1.807) is 18.0 Å². The Morgan fingerprint density at radius 3 is 2.45 bits per heavy atom. The van der Waals surface area contributed by atoms with Crippen LogP contribution in [0.4, 0.5) is 0 Å². The van der Waals surface area contributed by atoms with Gasteiger partial charge in [0.2, 0.25) is 10.0 Å². The Balaban J connectivity index is 1.83. The first-order valence-corrected chi connectivity index (χ1v) is 11.8. The fourth-order valence-corrected chi connectivity index (χ4v) is 5.27. The lowest BCUT2D eigenvalue weighted by Gasteiger charge is -2.19.